The molecule has 0 saturated carbocycles. The van der Waals surface area contributed by atoms with Crippen molar-refractivity contribution in [2.24, 2.45) is 5.92 Å². The number of phenolic OH excluding ortho intramolecular Hbond substituents is 1. The highest BCUT2D eigenvalue weighted by atomic mass is 16.5. The van der Waals surface area contributed by atoms with Crippen LogP contribution in [0.3, 0.4) is 0 Å². The molecule has 2 heteroatoms. The van der Waals surface area contributed by atoms with E-state index in [2.05, 4.69) is 13.8 Å². The van der Waals surface area contributed by atoms with Gasteiger partial charge in [0.25, 0.3) is 0 Å². The zero-order valence-electron chi connectivity index (χ0n) is 7.95. The topological polar surface area (TPSA) is 29.5 Å². The molecular weight excluding hydrogens is 164 g/mol. The van der Waals surface area contributed by atoms with Crippen LogP contribution >= 0.6 is 0 Å². The molecule has 1 aromatic carbocycles. The van der Waals surface area contributed by atoms with Crippen molar-refractivity contribution in [3.05, 3.63) is 23.8 Å². The van der Waals surface area contributed by atoms with Crippen molar-refractivity contribution in [1.82, 2.24) is 0 Å². The molecule has 2 nitrogen and oxygen atoms in total. The molecule has 0 aliphatic carbocycles. The van der Waals surface area contributed by atoms with Gasteiger partial charge in [-0.25, -0.2) is 0 Å². The smallest absolute Gasteiger partial charge is 0.123 e. The van der Waals surface area contributed by atoms with Crippen LogP contribution in [-0.2, 0) is 0 Å². The van der Waals surface area contributed by atoms with Gasteiger partial charge in [-0.1, -0.05) is 13.8 Å². The van der Waals surface area contributed by atoms with Crippen molar-refractivity contribution in [1.29, 1.82) is 0 Å². The molecule has 0 saturated heterocycles. The number of hydrogen-bond donors (Lipinski definition) is 1. The number of rotatable bonds is 0. The first kappa shape index (κ1) is 8.42. The molecular formula is C11H14O2. The second-order valence-corrected chi connectivity index (χ2v) is 3.80. The minimum Gasteiger partial charge on any atom is -0.508 e. The maximum absolute atomic E-state index is 9.34. The van der Waals surface area contributed by atoms with Crippen molar-refractivity contribution in [3.63, 3.8) is 0 Å². The van der Waals surface area contributed by atoms with Crippen LogP contribution in [0.15, 0.2) is 18.2 Å². The van der Waals surface area contributed by atoms with Crippen LogP contribution in [-0.4, -0.2) is 11.7 Å². The Balaban J connectivity index is 2.45. The Hall–Kier alpha value is -1.18. The fourth-order valence-corrected chi connectivity index (χ4v) is 1.70. The highest BCUT2D eigenvalue weighted by Gasteiger charge is 2.24. The fraction of sp³-hybridized carbons (Fsp3) is 0.455. The summed E-state index contributed by atoms with van der Waals surface area (Å²) in [6.45, 7) is 5.11. The number of phenols is 1. The Labute approximate surface area is 78.2 Å². The third-order valence-electron chi connectivity index (χ3n) is 2.84. The number of fused-ring (bicyclic) bond motifs is 1. The minimum atomic E-state index is 0.322. The summed E-state index contributed by atoms with van der Waals surface area (Å²) >= 11 is 0. The van der Waals surface area contributed by atoms with Gasteiger partial charge in [0.2, 0.25) is 0 Å². The average molecular weight is 178 g/mol. The molecule has 70 valence electrons. The molecule has 1 heterocycles. The van der Waals surface area contributed by atoms with E-state index in [4.69, 9.17) is 4.74 Å². The van der Waals surface area contributed by atoms with Crippen LogP contribution in [0.1, 0.15) is 25.3 Å². The molecule has 2 rings (SSSR count). The van der Waals surface area contributed by atoms with Gasteiger partial charge < -0.3 is 9.84 Å². The van der Waals surface area contributed by atoms with Crippen LogP contribution in [0.25, 0.3) is 0 Å². The lowest BCUT2D eigenvalue weighted by atomic mass is 9.87. The number of benzene rings is 1. The van der Waals surface area contributed by atoms with Crippen LogP contribution in [0.2, 0.25) is 0 Å². The van der Waals surface area contributed by atoms with E-state index < -0.39 is 0 Å². The summed E-state index contributed by atoms with van der Waals surface area (Å²) in [6.07, 6.45) is 0. The predicted molar refractivity (Wildman–Crippen MR) is 51.2 cm³/mol. The summed E-state index contributed by atoms with van der Waals surface area (Å²) in [5.41, 5.74) is 1.12. The first-order chi connectivity index (χ1) is 6.18. The molecule has 2 atom stereocenters. The summed E-state index contributed by atoms with van der Waals surface area (Å²) in [4.78, 5) is 0. The summed E-state index contributed by atoms with van der Waals surface area (Å²) in [6, 6.07) is 5.31. The van der Waals surface area contributed by atoms with Crippen LogP contribution < -0.4 is 4.74 Å². The van der Waals surface area contributed by atoms with Crippen molar-refractivity contribution >= 4 is 0 Å². The number of hydrogen-bond acceptors (Lipinski definition) is 2. The Bertz CT molecular complexity index is 320. The lowest BCUT2D eigenvalue weighted by Gasteiger charge is -2.28. The van der Waals surface area contributed by atoms with Crippen LogP contribution in [0, 0.1) is 5.92 Å². The molecule has 0 amide bonds. The molecule has 1 aliphatic heterocycles. The van der Waals surface area contributed by atoms with Crippen molar-refractivity contribution in [3.8, 4) is 11.5 Å². The number of aromatic hydroxyl groups is 1. The van der Waals surface area contributed by atoms with E-state index in [0.717, 1.165) is 17.9 Å². The Morgan fingerprint density at radius 3 is 2.92 bits per heavy atom. The molecule has 0 aromatic heterocycles. The first-order valence-corrected chi connectivity index (χ1v) is 4.64. The summed E-state index contributed by atoms with van der Waals surface area (Å²) < 4.78 is 5.55. The van der Waals surface area contributed by atoms with Gasteiger partial charge in [-0.05, 0) is 30.0 Å². The lowest BCUT2D eigenvalue weighted by molar-refractivity contribution is 0.211. The van der Waals surface area contributed by atoms with Crippen molar-refractivity contribution in [2.75, 3.05) is 6.61 Å². The van der Waals surface area contributed by atoms with Crippen LogP contribution in [0.5, 0.6) is 11.5 Å². The molecule has 1 aliphatic rings. The summed E-state index contributed by atoms with van der Waals surface area (Å²) in [5, 5.41) is 9.34. The highest BCUT2D eigenvalue weighted by molar-refractivity contribution is 5.43. The maximum atomic E-state index is 9.34. The molecule has 0 spiro atoms. The molecule has 0 bridgehead atoms. The van der Waals surface area contributed by atoms with E-state index in [1.54, 1.807) is 12.1 Å². The van der Waals surface area contributed by atoms with Gasteiger partial charge in [0.1, 0.15) is 11.5 Å². The Morgan fingerprint density at radius 2 is 2.15 bits per heavy atom. The average Bonchev–Trinajstić information content (AvgIpc) is 2.12. The predicted octanol–water partition coefficient (Wildman–Crippen LogP) is 2.52. The molecule has 1 N–H and O–H groups in total. The third-order valence-corrected chi connectivity index (χ3v) is 2.84. The standard InChI is InChI=1S/C11H14O2/c1-7-6-13-11-4-3-9(12)5-10(11)8(7)2/h3-5,7-8,12H,6H2,1-2H3. The normalized spacial score (nSPS) is 26.3. The second-order valence-electron chi connectivity index (χ2n) is 3.80. The van der Waals surface area contributed by atoms with E-state index in [9.17, 15) is 5.11 Å². The van der Waals surface area contributed by atoms with Crippen molar-refractivity contribution in [2.45, 2.75) is 19.8 Å². The van der Waals surface area contributed by atoms with E-state index in [0.29, 0.717) is 17.6 Å². The number of ether oxygens (including phenoxy) is 1. The third kappa shape index (κ3) is 1.37. The zero-order chi connectivity index (χ0) is 9.42. The molecule has 13 heavy (non-hydrogen) atoms. The monoisotopic (exact) mass is 178 g/mol. The SMILES string of the molecule is CC1COc2ccc(O)cc2C1C. The summed E-state index contributed by atoms with van der Waals surface area (Å²) in [5.74, 6) is 2.23. The zero-order valence-corrected chi connectivity index (χ0v) is 7.95. The van der Waals surface area contributed by atoms with Gasteiger partial charge in [-0.2, -0.15) is 0 Å². The van der Waals surface area contributed by atoms with Crippen LogP contribution in [0.4, 0.5) is 0 Å². The fourth-order valence-electron chi connectivity index (χ4n) is 1.70. The van der Waals surface area contributed by atoms with Gasteiger partial charge >= 0.3 is 0 Å². The largest absolute Gasteiger partial charge is 0.508 e. The van der Waals surface area contributed by atoms with E-state index in [1.165, 1.54) is 0 Å². The molecule has 0 radical (unpaired) electrons. The quantitative estimate of drug-likeness (QED) is 0.661. The van der Waals surface area contributed by atoms with Gasteiger partial charge in [0.15, 0.2) is 0 Å². The van der Waals surface area contributed by atoms with E-state index in [-0.39, 0.29) is 0 Å². The van der Waals surface area contributed by atoms with Gasteiger partial charge in [0, 0.05) is 5.56 Å². The van der Waals surface area contributed by atoms with Gasteiger partial charge in [0.05, 0.1) is 6.61 Å². The second kappa shape index (κ2) is 2.95. The van der Waals surface area contributed by atoms with Gasteiger partial charge in [-0.3, -0.25) is 0 Å². The van der Waals surface area contributed by atoms with Gasteiger partial charge in [-0.15, -0.1) is 0 Å². The first-order valence-electron chi connectivity index (χ1n) is 4.64. The maximum Gasteiger partial charge on any atom is 0.123 e. The lowest BCUT2D eigenvalue weighted by Crippen LogP contribution is -2.21. The molecule has 0 fully saturated rings. The van der Waals surface area contributed by atoms with E-state index >= 15 is 0 Å². The molecule has 2 unspecified atom stereocenters. The molecule has 1 aromatic rings. The summed E-state index contributed by atoms with van der Waals surface area (Å²) in [7, 11) is 0. The minimum absolute atomic E-state index is 0.322. The van der Waals surface area contributed by atoms with Crippen molar-refractivity contribution < 1.29 is 9.84 Å². The highest BCUT2D eigenvalue weighted by Crippen LogP contribution is 2.38. The Kier molecular flexibility index (Phi) is 1.91. The van der Waals surface area contributed by atoms with E-state index in [1.807, 2.05) is 6.07 Å². The Morgan fingerprint density at radius 1 is 1.38 bits per heavy atom.